The second-order valence-electron chi connectivity index (χ2n) is 5.72. The Morgan fingerprint density at radius 3 is 2.33 bits per heavy atom. The highest BCUT2D eigenvalue weighted by Gasteiger charge is 2.16. The fourth-order valence-electron chi connectivity index (χ4n) is 2.41. The van der Waals surface area contributed by atoms with Gasteiger partial charge in [-0.2, -0.15) is 0 Å². The van der Waals surface area contributed by atoms with Gasteiger partial charge in [0, 0.05) is 12.1 Å². The van der Waals surface area contributed by atoms with Gasteiger partial charge in [0.25, 0.3) is 0 Å². The predicted octanol–water partition coefficient (Wildman–Crippen LogP) is 3.50. The lowest BCUT2D eigenvalue weighted by atomic mass is 10.00. The summed E-state index contributed by atoms with van der Waals surface area (Å²) in [4.78, 5) is 11.6. The molecule has 0 aromatic heterocycles. The molecule has 0 saturated heterocycles. The van der Waals surface area contributed by atoms with Crippen molar-refractivity contribution in [2.45, 2.75) is 65.0 Å². The molecule has 0 aliphatic rings. The number of hydrogen-bond donors (Lipinski definition) is 1. The van der Waals surface area contributed by atoms with Crippen molar-refractivity contribution in [3.8, 4) is 0 Å². The molecular weight excluding hydrogens is 262 g/mol. The number of aryl methyl sites for hydroxylation is 1. The Balaban J connectivity index is 2.67. The lowest BCUT2D eigenvalue weighted by molar-refractivity contribution is -0.141. The number of carbonyl (C=O) groups excluding carboxylic acids is 1. The van der Waals surface area contributed by atoms with Crippen molar-refractivity contribution in [2.24, 2.45) is 0 Å². The van der Waals surface area contributed by atoms with E-state index in [-0.39, 0.29) is 12.0 Å². The van der Waals surface area contributed by atoms with Crippen LogP contribution in [0.5, 0.6) is 0 Å². The van der Waals surface area contributed by atoms with E-state index in [2.05, 4.69) is 50.4 Å². The molecule has 0 spiro atoms. The van der Waals surface area contributed by atoms with Crippen LogP contribution >= 0.6 is 0 Å². The van der Waals surface area contributed by atoms with E-state index in [9.17, 15) is 4.79 Å². The van der Waals surface area contributed by atoms with E-state index in [1.807, 2.05) is 0 Å². The van der Waals surface area contributed by atoms with Crippen molar-refractivity contribution in [2.75, 3.05) is 7.11 Å². The van der Waals surface area contributed by atoms with E-state index in [0.29, 0.717) is 12.5 Å². The summed E-state index contributed by atoms with van der Waals surface area (Å²) in [5, 5.41) is 3.52. The van der Waals surface area contributed by atoms with Gasteiger partial charge in [-0.25, -0.2) is 0 Å². The first-order chi connectivity index (χ1) is 10.1. The van der Waals surface area contributed by atoms with Crippen LogP contribution < -0.4 is 5.32 Å². The monoisotopic (exact) mass is 291 g/mol. The highest BCUT2D eigenvalue weighted by molar-refractivity contribution is 5.70. The van der Waals surface area contributed by atoms with E-state index < -0.39 is 0 Å². The van der Waals surface area contributed by atoms with E-state index >= 15 is 0 Å². The number of carbonyl (C=O) groups is 1. The molecule has 0 aliphatic carbocycles. The van der Waals surface area contributed by atoms with Crippen molar-refractivity contribution in [1.82, 2.24) is 5.32 Å². The van der Waals surface area contributed by atoms with Crippen LogP contribution in [0.25, 0.3) is 0 Å². The maximum absolute atomic E-state index is 11.6. The molecule has 0 saturated carbocycles. The molecule has 0 heterocycles. The van der Waals surface area contributed by atoms with Gasteiger partial charge in [-0.1, -0.05) is 44.5 Å². The summed E-state index contributed by atoms with van der Waals surface area (Å²) in [6.07, 6.45) is 4.60. The summed E-state index contributed by atoms with van der Waals surface area (Å²) < 4.78 is 4.81. The molecule has 1 rings (SSSR count). The van der Waals surface area contributed by atoms with Crippen LogP contribution in [0.2, 0.25) is 0 Å². The molecule has 0 aliphatic heterocycles. The van der Waals surface area contributed by atoms with Crippen molar-refractivity contribution in [3.05, 3.63) is 35.4 Å². The smallest absolute Gasteiger partial charge is 0.307 e. The SMILES string of the molecule is CCCc1ccc(CC(CC(=O)OC)NC(C)CC)cc1. The molecule has 0 radical (unpaired) electrons. The first-order valence-electron chi connectivity index (χ1n) is 7.99. The molecule has 2 atom stereocenters. The highest BCUT2D eigenvalue weighted by Crippen LogP contribution is 2.11. The normalized spacial score (nSPS) is 13.7. The molecule has 1 N–H and O–H groups in total. The average molecular weight is 291 g/mol. The Labute approximate surface area is 129 Å². The average Bonchev–Trinajstić information content (AvgIpc) is 2.49. The van der Waals surface area contributed by atoms with Gasteiger partial charge in [-0.3, -0.25) is 4.79 Å². The van der Waals surface area contributed by atoms with Crippen molar-refractivity contribution < 1.29 is 9.53 Å². The molecule has 0 bridgehead atoms. The first kappa shape index (κ1) is 17.7. The van der Waals surface area contributed by atoms with Gasteiger partial charge in [0.1, 0.15) is 0 Å². The lowest BCUT2D eigenvalue weighted by Gasteiger charge is -2.22. The van der Waals surface area contributed by atoms with Gasteiger partial charge >= 0.3 is 5.97 Å². The van der Waals surface area contributed by atoms with E-state index in [0.717, 1.165) is 19.3 Å². The lowest BCUT2D eigenvalue weighted by Crippen LogP contribution is -2.39. The number of ether oxygens (including phenoxy) is 1. The summed E-state index contributed by atoms with van der Waals surface area (Å²) in [6.45, 7) is 6.48. The zero-order valence-electron chi connectivity index (χ0n) is 13.8. The molecule has 2 unspecified atom stereocenters. The van der Waals surface area contributed by atoms with Crippen molar-refractivity contribution in [1.29, 1.82) is 0 Å². The third-order valence-corrected chi connectivity index (χ3v) is 3.82. The van der Waals surface area contributed by atoms with Crippen LogP contribution in [0.3, 0.4) is 0 Å². The number of hydrogen-bond acceptors (Lipinski definition) is 3. The van der Waals surface area contributed by atoms with E-state index in [1.54, 1.807) is 0 Å². The minimum absolute atomic E-state index is 0.129. The second-order valence-corrected chi connectivity index (χ2v) is 5.72. The largest absolute Gasteiger partial charge is 0.469 e. The van der Waals surface area contributed by atoms with Gasteiger partial charge in [0.05, 0.1) is 13.5 Å². The summed E-state index contributed by atoms with van der Waals surface area (Å²) in [7, 11) is 1.45. The Kier molecular flexibility index (Phi) is 8.06. The summed E-state index contributed by atoms with van der Waals surface area (Å²) in [6, 6.07) is 9.26. The molecule has 21 heavy (non-hydrogen) atoms. The Bertz CT molecular complexity index is 414. The Morgan fingerprint density at radius 2 is 1.81 bits per heavy atom. The summed E-state index contributed by atoms with van der Waals surface area (Å²) in [5.74, 6) is -0.154. The van der Waals surface area contributed by atoms with Crippen molar-refractivity contribution >= 4 is 5.97 Å². The number of rotatable bonds is 9. The zero-order chi connectivity index (χ0) is 15.7. The second kappa shape index (κ2) is 9.56. The van der Waals surface area contributed by atoms with Gasteiger partial charge in [-0.05, 0) is 37.3 Å². The minimum atomic E-state index is -0.154. The first-order valence-corrected chi connectivity index (χ1v) is 7.99. The van der Waals surface area contributed by atoms with Gasteiger partial charge in [0.15, 0.2) is 0 Å². The fourth-order valence-corrected chi connectivity index (χ4v) is 2.41. The zero-order valence-corrected chi connectivity index (χ0v) is 13.8. The number of nitrogens with one attached hydrogen (secondary N) is 1. The molecule has 3 nitrogen and oxygen atoms in total. The molecule has 118 valence electrons. The molecule has 1 aromatic rings. The predicted molar refractivity (Wildman–Crippen MR) is 87.5 cm³/mol. The molecule has 0 amide bonds. The molecule has 3 heteroatoms. The van der Waals surface area contributed by atoms with Crippen LogP contribution in [0, 0.1) is 0 Å². The van der Waals surface area contributed by atoms with E-state index in [1.165, 1.54) is 24.7 Å². The maximum atomic E-state index is 11.6. The fraction of sp³-hybridized carbons (Fsp3) is 0.611. The van der Waals surface area contributed by atoms with Gasteiger partial charge < -0.3 is 10.1 Å². The summed E-state index contributed by atoms with van der Waals surface area (Å²) >= 11 is 0. The van der Waals surface area contributed by atoms with Gasteiger partial charge in [0.2, 0.25) is 0 Å². The third kappa shape index (κ3) is 6.76. The van der Waals surface area contributed by atoms with Crippen LogP contribution in [-0.2, 0) is 22.4 Å². The standard InChI is InChI=1S/C18H29NO2/c1-5-7-15-8-10-16(11-9-15)12-17(13-18(20)21-4)19-14(3)6-2/h8-11,14,17,19H,5-7,12-13H2,1-4H3. The number of methoxy groups -OCH3 is 1. The maximum Gasteiger partial charge on any atom is 0.307 e. The van der Waals surface area contributed by atoms with Crippen LogP contribution in [0.15, 0.2) is 24.3 Å². The Hall–Kier alpha value is -1.35. The molecule has 1 aromatic carbocycles. The van der Waals surface area contributed by atoms with E-state index in [4.69, 9.17) is 4.74 Å². The Morgan fingerprint density at radius 1 is 1.19 bits per heavy atom. The van der Waals surface area contributed by atoms with Crippen LogP contribution in [-0.4, -0.2) is 25.2 Å². The topological polar surface area (TPSA) is 38.3 Å². The molecular formula is C18H29NO2. The number of benzene rings is 1. The minimum Gasteiger partial charge on any atom is -0.469 e. The van der Waals surface area contributed by atoms with Crippen molar-refractivity contribution in [3.63, 3.8) is 0 Å². The summed E-state index contributed by atoms with van der Waals surface area (Å²) in [5.41, 5.74) is 2.64. The number of esters is 1. The van der Waals surface area contributed by atoms with Crippen LogP contribution in [0.1, 0.15) is 51.2 Å². The quantitative estimate of drug-likeness (QED) is 0.708. The highest BCUT2D eigenvalue weighted by atomic mass is 16.5. The third-order valence-electron chi connectivity index (χ3n) is 3.82. The van der Waals surface area contributed by atoms with Gasteiger partial charge in [-0.15, -0.1) is 0 Å². The van der Waals surface area contributed by atoms with Crippen LogP contribution in [0.4, 0.5) is 0 Å². The molecule has 0 fully saturated rings.